The molecule has 1 spiro atoms. The van der Waals surface area contributed by atoms with E-state index in [9.17, 15) is 10.1 Å². The van der Waals surface area contributed by atoms with E-state index < -0.39 is 17.4 Å². The Balaban J connectivity index is 1.76. The molecule has 2 aliphatic rings. The monoisotopic (exact) mass is 302 g/mol. The van der Waals surface area contributed by atoms with Crippen LogP contribution in [0.25, 0.3) is 0 Å². The zero-order valence-electron chi connectivity index (χ0n) is 11.7. The molecule has 0 aromatic heterocycles. The van der Waals surface area contributed by atoms with Crippen LogP contribution in [0.15, 0.2) is 30.3 Å². The van der Waals surface area contributed by atoms with Crippen molar-refractivity contribution < 1.29 is 9.90 Å². The zero-order chi connectivity index (χ0) is 14.9. The minimum absolute atomic E-state index is 0.155. The molecular weight excluding hydrogens is 284 g/mol. The minimum atomic E-state index is -0.778. The van der Waals surface area contributed by atoms with Crippen LogP contribution in [0.5, 0.6) is 0 Å². The molecule has 1 aromatic rings. The summed E-state index contributed by atoms with van der Waals surface area (Å²) in [5, 5.41) is 22.1. The Morgan fingerprint density at radius 1 is 1.29 bits per heavy atom. The molecule has 1 unspecified atom stereocenters. The first kappa shape index (κ1) is 14.4. The summed E-state index contributed by atoms with van der Waals surface area (Å²) in [7, 11) is 0. The Morgan fingerprint density at radius 3 is 2.48 bits per heavy atom. The SMILES string of the molecule is N#CC1(c2ccccc2)CCC2(CC1)NC(C(=O)O)CS2. The highest BCUT2D eigenvalue weighted by atomic mass is 32.2. The van der Waals surface area contributed by atoms with Gasteiger partial charge in [-0.1, -0.05) is 30.3 Å². The quantitative estimate of drug-likeness (QED) is 0.878. The Kier molecular flexibility index (Phi) is 3.68. The van der Waals surface area contributed by atoms with Crippen LogP contribution < -0.4 is 5.32 Å². The summed E-state index contributed by atoms with van der Waals surface area (Å²) >= 11 is 1.71. The molecule has 0 amide bonds. The lowest BCUT2D eigenvalue weighted by molar-refractivity contribution is -0.139. The van der Waals surface area contributed by atoms with E-state index in [1.54, 1.807) is 11.8 Å². The van der Waals surface area contributed by atoms with Gasteiger partial charge in [0.15, 0.2) is 0 Å². The Labute approximate surface area is 128 Å². The number of carbonyl (C=O) groups is 1. The molecular formula is C16H18N2O2S. The molecule has 2 fully saturated rings. The Hall–Kier alpha value is -1.51. The molecule has 0 radical (unpaired) electrons. The molecule has 1 saturated carbocycles. The van der Waals surface area contributed by atoms with Crippen LogP contribution in [-0.2, 0) is 10.2 Å². The smallest absolute Gasteiger partial charge is 0.321 e. The summed E-state index contributed by atoms with van der Waals surface area (Å²) in [5.74, 6) is -0.167. The van der Waals surface area contributed by atoms with Gasteiger partial charge in [-0.05, 0) is 31.2 Å². The van der Waals surface area contributed by atoms with Crippen LogP contribution in [-0.4, -0.2) is 27.7 Å². The zero-order valence-corrected chi connectivity index (χ0v) is 12.5. The fraction of sp³-hybridized carbons (Fsp3) is 0.500. The molecule has 21 heavy (non-hydrogen) atoms. The molecule has 5 heteroatoms. The van der Waals surface area contributed by atoms with E-state index in [-0.39, 0.29) is 4.87 Å². The number of nitrogens with one attached hydrogen (secondary N) is 1. The minimum Gasteiger partial charge on any atom is -0.480 e. The normalized spacial score (nSPS) is 35.5. The van der Waals surface area contributed by atoms with Gasteiger partial charge in [-0.15, -0.1) is 11.8 Å². The maximum Gasteiger partial charge on any atom is 0.321 e. The highest BCUT2D eigenvalue weighted by Crippen LogP contribution is 2.49. The van der Waals surface area contributed by atoms with E-state index in [1.165, 1.54) is 0 Å². The summed E-state index contributed by atoms with van der Waals surface area (Å²) in [6.07, 6.45) is 3.23. The summed E-state index contributed by atoms with van der Waals surface area (Å²) in [5.41, 5.74) is 0.663. The van der Waals surface area contributed by atoms with Gasteiger partial charge < -0.3 is 5.11 Å². The lowest BCUT2D eigenvalue weighted by atomic mass is 9.69. The maximum absolute atomic E-state index is 11.1. The second-order valence-corrected chi connectivity index (χ2v) is 7.30. The molecule has 4 nitrogen and oxygen atoms in total. The fourth-order valence-corrected chi connectivity index (χ4v) is 4.80. The van der Waals surface area contributed by atoms with Gasteiger partial charge in [-0.25, -0.2) is 0 Å². The van der Waals surface area contributed by atoms with Crippen molar-refractivity contribution in [3.63, 3.8) is 0 Å². The number of nitrogens with zero attached hydrogens (tertiary/aromatic N) is 1. The van der Waals surface area contributed by atoms with Crippen molar-refractivity contribution in [1.29, 1.82) is 5.26 Å². The first-order valence-corrected chi connectivity index (χ1v) is 8.19. The maximum atomic E-state index is 11.1. The summed E-state index contributed by atoms with van der Waals surface area (Å²) in [4.78, 5) is 10.9. The number of thioether (sulfide) groups is 1. The van der Waals surface area contributed by atoms with Gasteiger partial charge in [0.2, 0.25) is 0 Å². The van der Waals surface area contributed by atoms with E-state index in [2.05, 4.69) is 11.4 Å². The Morgan fingerprint density at radius 2 is 1.95 bits per heavy atom. The van der Waals surface area contributed by atoms with E-state index in [0.717, 1.165) is 31.2 Å². The number of carboxylic acid groups (broad SMARTS) is 1. The van der Waals surface area contributed by atoms with Crippen LogP contribution in [0, 0.1) is 11.3 Å². The average molecular weight is 302 g/mol. The number of carboxylic acids is 1. The van der Waals surface area contributed by atoms with E-state index in [4.69, 9.17) is 5.11 Å². The standard InChI is InChI=1S/C16H18N2O2S/c17-11-15(12-4-2-1-3-5-12)6-8-16(9-7-15)18-13(10-21-16)14(19)20/h1-5,13,18H,6-10H2,(H,19,20). The number of hydrogen-bond donors (Lipinski definition) is 2. The third kappa shape index (κ3) is 2.54. The number of benzene rings is 1. The molecule has 3 rings (SSSR count). The molecule has 1 saturated heterocycles. The van der Waals surface area contributed by atoms with Gasteiger partial charge >= 0.3 is 5.97 Å². The molecule has 1 atom stereocenters. The average Bonchev–Trinajstić information content (AvgIpc) is 2.94. The summed E-state index contributed by atoms with van der Waals surface area (Å²) in [6.45, 7) is 0. The number of nitriles is 1. The van der Waals surface area contributed by atoms with Crippen molar-refractivity contribution in [2.75, 3.05) is 5.75 Å². The van der Waals surface area contributed by atoms with Crippen molar-refractivity contribution in [2.24, 2.45) is 0 Å². The van der Waals surface area contributed by atoms with Gasteiger partial charge in [0.05, 0.1) is 16.4 Å². The highest BCUT2D eigenvalue weighted by Gasteiger charge is 2.48. The molecule has 2 N–H and O–H groups in total. The second kappa shape index (κ2) is 5.36. The Bertz CT molecular complexity index is 574. The van der Waals surface area contributed by atoms with Crippen LogP contribution in [0.1, 0.15) is 31.2 Å². The number of rotatable bonds is 2. The van der Waals surface area contributed by atoms with Gasteiger partial charge in [0.25, 0.3) is 0 Å². The van der Waals surface area contributed by atoms with Gasteiger partial charge in [-0.3, -0.25) is 10.1 Å². The summed E-state index contributed by atoms with van der Waals surface area (Å²) < 4.78 is 0. The van der Waals surface area contributed by atoms with Crippen molar-refractivity contribution in [2.45, 2.75) is 42.0 Å². The first-order valence-electron chi connectivity index (χ1n) is 7.20. The first-order chi connectivity index (χ1) is 10.1. The second-order valence-electron chi connectivity index (χ2n) is 5.90. The van der Waals surface area contributed by atoms with Crippen molar-refractivity contribution in [3.8, 4) is 6.07 Å². The number of aliphatic carboxylic acids is 1. The molecule has 110 valence electrons. The van der Waals surface area contributed by atoms with E-state index in [1.807, 2.05) is 30.3 Å². The largest absolute Gasteiger partial charge is 0.480 e. The fourth-order valence-electron chi connectivity index (χ4n) is 3.37. The van der Waals surface area contributed by atoms with Crippen LogP contribution >= 0.6 is 11.8 Å². The molecule has 1 heterocycles. The third-order valence-electron chi connectivity index (χ3n) is 4.71. The highest BCUT2D eigenvalue weighted by molar-refractivity contribution is 8.00. The lowest BCUT2D eigenvalue weighted by Gasteiger charge is -2.41. The van der Waals surface area contributed by atoms with Crippen LogP contribution in [0.3, 0.4) is 0 Å². The predicted molar refractivity (Wildman–Crippen MR) is 81.9 cm³/mol. The van der Waals surface area contributed by atoms with Gasteiger partial charge in [-0.2, -0.15) is 5.26 Å². The van der Waals surface area contributed by atoms with Crippen molar-refractivity contribution in [1.82, 2.24) is 5.32 Å². The van der Waals surface area contributed by atoms with Crippen LogP contribution in [0.4, 0.5) is 0 Å². The third-order valence-corrected chi connectivity index (χ3v) is 6.29. The molecule has 0 bridgehead atoms. The van der Waals surface area contributed by atoms with Gasteiger partial charge in [0, 0.05) is 5.75 Å². The summed E-state index contributed by atoms with van der Waals surface area (Å²) in [6, 6.07) is 12.0. The van der Waals surface area contributed by atoms with Crippen molar-refractivity contribution in [3.05, 3.63) is 35.9 Å². The van der Waals surface area contributed by atoms with E-state index >= 15 is 0 Å². The molecule has 1 aliphatic heterocycles. The van der Waals surface area contributed by atoms with Crippen LogP contribution in [0.2, 0.25) is 0 Å². The van der Waals surface area contributed by atoms with Crippen molar-refractivity contribution >= 4 is 17.7 Å². The predicted octanol–water partition coefficient (Wildman–Crippen LogP) is 2.51. The topological polar surface area (TPSA) is 73.1 Å². The van der Waals surface area contributed by atoms with Gasteiger partial charge in [0.1, 0.15) is 6.04 Å². The lowest BCUT2D eigenvalue weighted by Crippen LogP contribution is -2.49. The number of hydrogen-bond acceptors (Lipinski definition) is 4. The molecule has 1 aliphatic carbocycles. The molecule has 1 aromatic carbocycles. The van der Waals surface area contributed by atoms with E-state index in [0.29, 0.717) is 5.75 Å².